The minimum atomic E-state index is -3.72. The molecule has 3 aromatic rings. The molecule has 0 radical (unpaired) electrons. The van der Waals surface area contributed by atoms with E-state index in [2.05, 4.69) is 25.1 Å². The maximum atomic E-state index is 13.1. The second-order valence-electron chi connectivity index (χ2n) is 7.87. The quantitative estimate of drug-likeness (QED) is 0.540. The summed E-state index contributed by atoms with van der Waals surface area (Å²) >= 11 is 0. The van der Waals surface area contributed by atoms with Crippen molar-refractivity contribution in [3.05, 3.63) is 36.3 Å². The van der Waals surface area contributed by atoms with E-state index in [-0.39, 0.29) is 28.7 Å². The lowest BCUT2D eigenvalue weighted by molar-refractivity contribution is -0.119. The minimum absolute atomic E-state index is 0.0596. The van der Waals surface area contributed by atoms with Gasteiger partial charge in [-0.05, 0) is 50.3 Å². The highest BCUT2D eigenvalue weighted by atomic mass is 32.2. The molecule has 2 aromatic heterocycles. The number of sulfonamides is 1. The predicted octanol–water partition coefficient (Wildman–Crippen LogP) is 1.41. The van der Waals surface area contributed by atoms with Crippen molar-refractivity contribution in [2.24, 2.45) is 0 Å². The highest BCUT2D eigenvalue weighted by Gasteiger charge is 2.26. The Hall–Kier alpha value is -3.05. The highest BCUT2D eigenvalue weighted by Crippen LogP contribution is 2.28. The van der Waals surface area contributed by atoms with Crippen molar-refractivity contribution in [1.29, 1.82) is 0 Å². The topological polar surface area (TPSA) is 144 Å². The third-order valence-corrected chi connectivity index (χ3v) is 7.10. The summed E-state index contributed by atoms with van der Waals surface area (Å²) < 4.78 is 30.5. The lowest BCUT2D eigenvalue weighted by Crippen LogP contribution is -2.43. The maximum Gasteiger partial charge on any atom is 0.240 e. The van der Waals surface area contributed by atoms with Gasteiger partial charge in [0, 0.05) is 24.6 Å². The molecule has 1 fully saturated rings. The molecular weight excluding hydrogens is 418 g/mol. The molecule has 0 atom stereocenters. The molecule has 1 saturated carbocycles. The van der Waals surface area contributed by atoms with Gasteiger partial charge in [0.25, 0.3) is 0 Å². The van der Waals surface area contributed by atoms with Crippen LogP contribution in [0.4, 0.5) is 5.82 Å². The van der Waals surface area contributed by atoms with Crippen molar-refractivity contribution in [3.63, 3.8) is 0 Å². The fourth-order valence-corrected chi connectivity index (χ4v) is 5.32. The van der Waals surface area contributed by atoms with Gasteiger partial charge >= 0.3 is 0 Å². The standard InChI is InChI=1S/C20H25N7O3S/c1-12-3-8-16(9-17(12)18-10-22-20-19(21)23-11-24-27(18)20)31(29,30)26-15-6-4-14(5-7-15)25-13(2)28/h3,8-11,14-15,26H,4-7H2,1-2H3,(H,25,28)(H2,21,23,24). The summed E-state index contributed by atoms with van der Waals surface area (Å²) in [6.45, 7) is 3.39. The Morgan fingerprint density at radius 3 is 2.58 bits per heavy atom. The van der Waals surface area contributed by atoms with Gasteiger partial charge in [-0.1, -0.05) is 6.07 Å². The summed E-state index contributed by atoms with van der Waals surface area (Å²) in [6.07, 6.45) is 5.78. The number of nitrogens with one attached hydrogen (secondary N) is 2. The van der Waals surface area contributed by atoms with E-state index in [9.17, 15) is 13.2 Å². The molecule has 1 aliphatic rings. The summed E-state index contributed by atoms with van der Waals surface area (Å²) in [5.41, 5.74) is 8.49. The number of hydrogen-bond donors (Lipinski definition) is 3. The number of imidazole rings is 1. The smallest absolute Gasteiger partial charge is 0.240 e. The number of aryl methyl sites for hydroxylation is 1. The van der Waals surface area contributed by atoms with E-state index in [1.54, 1.807) is 28.9 Å². The summed E-state index contributed by atoms with van der Waals surface area (Å²) in [5, 5.41) is 7.10. The highest BCUT2D eigenvalue weighted by molar-refractivity contribution is 7.89. The van der Waals surface area contributed by atoms with Crippen LogP contribution in [0.2, 0.25) is 0 Å². The van der Waals surface area contributed by atoms with Gasteiger partial charge in [0.15, 0.2) is 11.5 Å². The Morgan fingerprint density at radius 1 is 1.16 bits per heavy atom. The molecule has 0 aliphatic heterocycles. The van der Waals surface area contributed by atoms with E-state index in [4.69, 9.17) is 5.73 Å². The fourth-order valence-electron chi connectivity index (χ4n) is 3.99. The summed E-state index contributed by atoms with van der Waals surface area (Å²) in [4.78, 5) is 19.6. The van der Waals surface area contributed by atoms with Crippen molar-refractivity contribution >= 4 is 27.4 Å². The first-order valence-corrected chi connectivity index (χ1v) is 11.6. The molecule has 0 bridgehead atoms. The second-order valence-corrected chi connectivity index (χ2v) is 9.59. The van der Waals surface area contributed by atoms with Crippen molar-refractivity contribution in [2.75, 3.05) is 5.73 Å². The third kappa shape index (κ3) is 4.37. The first-order valence-electron chi connectivity index (χ1n) is 10.1. The van der Waals surface area contributed by atoms with Gasteiger partial charge in [-0.2, -0.15) is 5.10 Å². The number of benzene rings is 1. The minimum Gasteiger partial charge on any atom is -0.381 e. The first kappa shape index (κ1) is 21.2. The lowest BCUT2D eigenvalue weighted by atomic mass is 9.92. The molecule has 1 aromatic carbocycles. The van der Waals surface area contributed by atoms with Crippen molar-refractivity contribution in [1.82, 2.24) is 29.6 Å². The number of fused-ring (bicyclic) bond motifs is 1. The molecule has 164 valence electrons. The zero-order valence-electron chi connectivity index (χ0n) is 17.4. The number of hydrogen-bond acceptors (Lipinski definition) is 7. The Bertz CT molecular complexity index is 1230. The molecule has 2 heterocycles. The van der Waals surface area contributed by atoms with E-state index in [1.807, 2.05) is 6.92 Å². The Labute approximate surface area is 180 Å². The van der Waals surface area contributed by atoms with Crippen LogP contribution < -0.4 is 15.8 Å². The number of rotatable bonds is 5. The van der Waals surface area contributed by atoms with Crippen LogP contribution in [-0.4, -0.2) is 46.0 Å². The molecule has 1 amide bonds. The van der Waals surface area contributed by atoms with Gasteiger partial charge in [0.1, 0.15) is 6.33 Å². The van der Waals surface area contributed by atoms with E-state index in [0.29, 0.717) is 29.7 Å². The summed E-state index contributed by atoms with van der Waals surface area (Å²) in [7, 11) is -3.72. The average molecular weight is 444 g/mol. The van der Waals surface area contributed by atoms with E-state index < -0.39 is 10.0 Å². The van der Waals surface area contributed by atoms with E-state index in [1.165, 1.54) is 13.3 Å². The van der Waals surface area contributed by atoms with Crippen LogP contribution in [-0.2, 0) is 14.8 Å². The predicted molar refractivity (Wildman–Crippen MR) is 116 cm³/mol. The molecule has 0 spiro atoms. The summed E-state index contributed by atoms with van der Waals surface area (Å²) in [5.74, 6) is 0.190. The molecule has 1 aliphatic carbocycles. The third-order valence-electron chi connectivity index (χ3n) is 5.58. The maximum absolute atomic E-state index is 13.1. The monoisotopic (exact) mass is 443 g/mol. The number of aromatic nitrogens is 4. The van der Waals surface area contributed by atoms with Gasteiger partial charge < -0.3 is 11.1 Å². The first-order chi connectivity index (χ1) is 14.7. The van der Waals surface area contributed by atoms with Crippen LogP contribution in [0.15, 0.2) is 35.6 Å². The summed E-state index contributed by atoms with van der Waals surface area (Å²) in [6, 6.07) is 4.93. The SMILES string of the molecule is CC(=O)NC1CCC(NS(=O)(=O)c2ccc(C)c(-c3cnc4c(N)ncnn34)c2)CC1. The van der Waals surface area contributed by atoms with Crippen LogP contribution in [0.1, 0.15) is 38.2 Å². The number of nitrogens with zero attached hydrogens (tertiary/aromatic N) is 4. The Morgan fingerprint density at radius 2 is 1.87 bits per heavy atom. The molecule has 11 heteroatoms. The number of carbonyl (C=O) groups excluding carboxylic acids is 1. The molecule has 4 N–H and O–H groups in total. The van der Waals surface area contributed by atoms with Crippen molar-refractivity contribution < 1.29 is 13.2 Å². The molecule has 0 saturated heterocycles. The Balaban J connectivity index is 1.57. The van der Waals surface area contributed by atoms with Gasteiger partial charge in [0.05, 0.1) is 16.8 Å². The number of nitrogens with two attached hydrogens (primary N) is 1. The van der Waals surface area contributed by atoms with Gasteiger partial charge in [-0.3, -0.25) is 4.79 Å². The van der Waals surface area contributed by atoms with Crippen LogP contribution in [0.25, 0.3) is 16.9 Å². The Kier molecular flexibility index (Phi) is 5.63. The molecular formula is C20H25N7O3S. The molecule has 31 heavy (non-hydrogen) atoms. The van der Waals surface area contributed by atoms with Crippen LogP contribution in [0.5, 0.6) is 0 Å². The van der Waals surface area contributed by atoms with Gasteiger partial charge in [-0.15, -0.1) is 0 Å². The number of carbonyl (C=O) groups is 1. The van der Waals surface area contributed by atoms with Gasteiger partial charge in [-0.25, -0.2) is 27.6 Å². The number of anilines is 1. The normalized spacial score (nSPS) is 19.4. The zero-order chi connectivity index (χ0) is 22.2. The largest absolute Gasteiger partial charge is 0.381 e. The van der Waals surface area contributed by atoms with Crippen LogP contribution in [0, 0.1) is 6.92 Å². The number of amides is 1. The average Bonchev–Trinajstić information content (AvgIpc) is 3.14. The van der Waals surface area contributed by atoms with E-state index >= 15 is 0 Å². The fraction of sp³-hybridized carbons (Fsp3) is 0.400. The number of nitrogen functional groups attached to an aromatic ring is 1. The molecule has 10 nitrogen and oxygen atoms in total. The second kappa shape index (κ2) is 8.23. The molecule has 0 unspecified atom stereocenters. The lowest BCUT2D eigenvalue weighted by Gasteiger charge is -2.29. The van der Waals surface area contributed by atoms with Crippen molar-refractivity contribution in [2.45, 2.75) is 56.5 Å². The van der Waals surface area contributed by atoms with E-state index in [0.717, 1.165) is 18.4 Å². The van der Waals surface area contributed by atoms with Crippen LogP contribution >= 0.6 is 0 Å². The van der Waals surface area contributed by atoms with Crippen LogP contribution in [0.3, 0.4) is 0 Å². The molecule has 4 rings (SSSR count). The van der Waals surface area contributed by atoms with Crippen molar-refractivity contribution in [3.8, 4) is 11.3 Å². The van der Waals surface area contributed by atoms with Gasteiger partial charge in [0.2, 0.25) is 15.9 Å². The zero-order valence-corrected chi connectivity index (χ0v) is 18.2.